The first-order valence-electron chi connectivity index (χ1n) is 8.37. The van der Waals surface area contributed by atoms with E-state index in [1.54, 1.807) is 18.2 Å². The molecule has 138 valence electrons. The maximum absolute atomic E-state index is 12.6. The lowest BCUT2D eigenvalue weighted by Crippen LogP contribution is -2.23. The van der Waals surface area contributed by atoms with Gasteiger partial charge in [0.15, 0.2) is 0 Å². The molecule has 0 aliphatic rings. The topological polar surface area (TPSA) is 51.1 Å². The molecule has 3 rings (SSSR count). The summed E-state index contributed by atoms with van der Waals surface area (Å²) in [5, 5.41) is 3.90. The lowest BCUT2D eigenvalue weighted by molar-refractivity contribution is 0.102. The number of halogens is 2. The third-order valence-electron chi connectivity index (χ3n) is 4.45. The maximum atomic E-state index is 12.6. The van der Waals surface area contributed by atoms with Crippen LogP contribution in [0.3, 0.4) is 0 Å². The molecule has 3 aromatic rings. The van der Waals surface area contributed by atoms with Crippen LogP contribution in [-0.2, 0) is 6.54 Å². The van der Waals surface area contributed by atoms with E-state index in [0.717, 1.165) is 22.4 Å². The van der Waals surface area contributed by atoms with E-state index in [4.69, 9.17) is 23.2 Å². The standard InChI is InChI=1S/C21H18Cl2N2O2/c1-13-4-3-5-19(14(13)2)24-21(27)16-7-9-20(26)25(12-16)11-15-6-8-17(22)10-18(15)23/h3-10,12H,11H2,1-2H3,(H,24,27). The van der Waals surface area contributed by atoms with Crippen LogP contribution < -0.4 is 10.9 Å². The Bertz CT molecular complexity index is 1070. The van der Waals surface area contributed by atoms with E-state index in [2.05, 4.69) is 5.32 Å². The van der Waals surface area contributed by atoms with Crippen LogP contribution in [0.25, 0.3) is 0 Å². The van der Waals surface area contributed by atoms with Gasteiger partial charge in [-0.05, 0) is 54.8 Å². The smallest absolute Gasteiger partial charge is 0.257 e. The van der Waals surface area contributed by atoms with Gasteiger partial charge in [-0.2, -0.15) is 0 Å². The van der Waals surface area contributed by atoms with Crippen LogP contribution in [0, 0.1) is 13.8 Å². The minimum absolute atomic E-state index is 0.218. The Hall–Kier alpha value is -2.56. The fourth-order valence-corrected chi connectivity index (χ4v) is 3.17. The molecule has 27 heavy (non-hydrogen) atoms. The maximum Gasteiger partial charge on any atom is 0.257 e. The number of nitrogens with one attached hydrogen (secondary N) is 1. The summed E-state index contributed by atoms with van der Waals surface area (Å²) in [7, 11) is 0. The number of hydrogen-bond acceptors (Lipinski definition) is 2. The van der Waals surface area contributed by atoms with Crippen molar-refractivity contribution in [2.24, 2.45) is 0 Å². The van der Waals surface area contributed by atoms with Gasteiger partial charge in [-0.1, -0.05) is 41.4 Å². The van der Waals surface area contributed by atoms with E-state index in [1.165, 1.54) is 22.9 Å². The number of aromatic nitrogens is 1. The highest BCUT2D eigenvalue weighted by Gasteiger charge is 2.11. The number of benzene rings is 2. The molecule has 0 saturated carbocycles. The van der Waals surface area contributed by atoms with Crippen molar-refractivity contribution in [1.29, 1.82) is 0 Å². The zero-order valence-electron chi connectivity index (χ0n) is 14.9. The molecule has 0 spiro atoms. The van der Waals surface area contributed by atoms with Crippen molar-refractivity contribution in [3.8, 4) is 0 Å². The minimum Gasteiger partial charge on any atom is -0.322 e. The predicted octanol–water partition coefficient (Wildman–Crippen LogP) is 5.07. The Morgan fingerprint density at radius 3 is 2.59 bits per heavy atom. The van der Waals surface area contributed by atoms with Gasteiger partial charge in [0.1, 0.15) is 0 Å². The van der Waals surface area contributed by atoms with Crippen LogP contribution in [0.4, 0.5) is 5.69 Å². The first-order valence-corrected chi connectivity index (χ1v) is 9.13. The summed E-state index contributed by atoms with van der Waals surface area (Å²) in [6.45, 7) is 4.19. The molecule has 1 heterocycles. The first-order chi connectivity index (χ1) is 12.8. The van der Waals surface area contributed by atoms with Crippen LogP contribution in [0.5, 0.6) is 0 Å². The second-order valence-electron chi connectivity index (χ2n) is 6.32. The van der Waals surface area contributed by atoms with Gasteiger partial charge in [0.25, 0.3) is 11.5 Å². The van der Waals surface area contributed by atoms with E-state index in [-0.39, 0.29) is 18.0 Å². The summed E-state index contributed by atoms with van der Waals surface area (Å²) in [6, 6.07) is 13.7. The molecule has 1 aromatic heterocycles. The highest BCUT2D eigenvalue weighted by atomic mass is 35.5. The molecule has 0 unspecified atom stereocenters. The number of carbonyl (C=O) groups excluding carboxylic acids is 1. The summed E-state index contributed by atoms with van der Waals surface area (Å²) < 4.78 is 1.45. The van der Waals surface area contributed by atoms with Crippen LogP contribution >= 0.6 is 23.2 Å². The number of nitrogens with zero attached hydrogens (tertiary/aromatic N) is 1. The predicted molar refractivity (Wildman–Crippen MR) is 110 cm³/mol. The molecule has 0 atom stereocenters. The normalized spacial score (nSPS) is 10.7. The first kappa shape index (κ1) is 19.2. The average molecular weight is 401 g/mol. The lowest BCUT2D eigenvalue weighted by atomic mass is 10.1. The third kappa shape index (κ3) is 4.41. The van der Waals surface area contributed by atoms with Crippen LogP contribution in [0.15, 0.2) is 59.5 Å². The van der Waals surface area contributed by atoms with Gasteiger partial charge < -0.3 is 9.88 Å². The minimum atomic E-state index is -0.278. The van der Waals surface area contributed by atoms with Gasteiger partial charge in [0.2, 0.25) is 0 Å². The second-order valence-corrected chi connectivity index (χ2v) is 7.16. The molecule has 1 amide bonds. The van der Waals surface area contributed by atoms with Gasteiger partial charge in [-0.3, -0.25) is 9.59 Å². The zero-order valence-corrected chi connectivity index (χ0v) is 16.4. The quantitative estimate of drug-likeness (QED) is 0.664. The van der Waals surface area contributed by atoms with Crippen molar-refractivity contribution in [3.05, 3.63) is 97.4 Å². The molecule has 0 radical (unpaired) electrons. The van der Waals surface area contributed by atoms with E-state index >= 15 is 0 Å². The molecule has 0 saturated heterocycles. The average Bonchev–Trinajstić information content (AvgIpc) is 2.63. The van der Waals surface area contributed by atoms with Gasteiger partial charge >= 0.3 is 0 Å². The van der Waals surface area contributed by atoms with E-state index < -0.39 is 0 Å². The molecule has 0 aliphatic carbocycles. The molecule has 0 bridgehead atoms. The summed E-state index contributed by atoms with van der Waals surface area (Å²) in [4.78, 5) is 24.8. The number of pyridine rings is 1. The fourth-order valence-electron chi connectivity index (χ4n) is 2.70. The van der Waals surface area contributed by atoms with Crippen LogP contribution in [0.1, 0.15) is 27.0 Å². The van der Waals surface area contributed by atoms with Gasteiger partial charge in [-0.15, -0.1) is 0 Å². The summed E-state index contributed by atoms with van der Waals surface area (Å²) in [6.07, 6.45) is 1.54. The highest BCUT2D eigenvalue weighted by Crippen LogP contribution is 2.22. The number of anilines is 1. The van der Waals surface area contributed by atoms with E-state index in [1.807, 2.05) is 32.0 Å². The third-order valence-corrected chi connectivity index (χ3v) is 5.04. The molecule has 1 N–H and O–H groups in total. The van der Waals surface area contributed by atoms with Crippen molar-refractivity contribution >= 4 is 34.8 Å². The summed E-state index contributed by atoms with van der Waals surface area (Å²) in [5.41, 5.74) is 3.76. The summed E-state index contributed by atoms with van der Waals surface area (Å²) in [5.74, 6) is -0.278. The SMILES string of the molecule is Cc1cccc(NC(=O)c2ccc(=O)n(Cc3ccc(Cl)cc3Cl)c2)c1C. The van der Waals surface area contributed by atoms with E-state index in [9.17, 15) is 9.59 Å². The Morgan fingerprint density at radius 2 is 1.85 bits per heavy atom. The molecule has 0 aliphatic heterocycles. The Morgan fingerprint density at radius 1 is 1.07 bits per heavy atom. The Balaban J connectivity index is 1.87. The molecular formula is C21H18Cl2N2O2. The van der Waals surface area contributed by atoms with Gasteiger partial charge in [0, 0.05) is 28.0 Å². The molecule has 4 nitrogen and oxygen atoms in total. The largest absolute Gasteiger partial charge is 0.322 e. The number of aryl methyl sites for hydroxylation is 1. The van der Waals surface area contributed by atoms with Crippen LogP contribution in [-0.4, -0.2) is 10.5 Å². The summed E-state index contributed by atoms with van der Waals surface area (Å²) >= 11 is 12.1. The number of carbonyl (C=O) groups is 1. The number of amides is 1. The molecular weight excluding hydrogens is 383 g/mol. The monoisotopic (exact) mass is 400 g/mol. The van der Waals surface area contributed by atoms with Crippen molar-refractivity contribution in [1.82, 2.24) is 4.57 Å². The van der Waals surface area contributed by atoms with Crippen LogP contribution in [0.2, 0.25) is 10.0 Å². The Labute approximate surface area is 167 Å². The molecule has 0 fully saturated rings. The van der Waals surface area contributed by atoms with Crippen molar-refractivity contribution in [2.75, 3.05) is 5.32 Å². The highest BCUT2D eigenvalue weighted by molar-refractivity contribution is 6.35. The fraction of sp³-hybridized carbons (Fsp3) is 0.143. The zero-order chi connectivity index (χ0) is 19.6. The van der Waals surface area contributed by atoms with E-state index in [0.29, 0.717) is 15.6 Å². The van der Waals surface area contributed by atoms with Crippen molar-refractivity contribution in [2.45, 2.75) is 20.4 Å². The molecule has 2 aromatic carbocycles. The van der Waals surface area contributed by atoms with Crippen molar-refractivity contribution in [3.63, 3.8) is 0 Å². The number of hydrogen-bond donors (Lipinski definition) is 1. The number of rotatable bonds is 4. The second kappa shape index (κ2) is 7.99. The molecule has 6 heteroatoms. The Kier molecular flexibility index (Phi) is 5.68. The lowest BCUT2D eigenvalue weighted by Gasteiger charge is -2.12. The van der Waals surface area contributed by atoms with Gasteiger partial charge in [-0.25, -0.2) is 0 Å². The van der Waals surface area contributed by atoms with Crippen molar-refractivity contribution < 1.29 is 4.79 Å². The van der Waals surface area contributed by atoms with Gasteiger partial charge in [0.05, 0.1) is 12.1 Å².